The highest BCUT2D eigenvalue weighted by Gasteiger charge is 2.26. The van der Waals surface area contributed by atoms with Gasteiger partial charge in [-0.2, -0.15) is 0 Å². The normalized spacial score (nSPS) is 12.7. The Morgan fingerprint density at radius 1 is 0.517 bits per heavy atom. The zero-order valence-corrected chi connectivity index (χ0v) is 34.4. The summed E-state index contributed by atoms with van der Waals surface area (Å²) >= 11 is 0. The molecule has 0 saturated heterocycles. The van der Waals surface area contributed by atoms with E-state index in [-0.39, 0.29) is 5.41 Å². The van der Waals surface area contributed by atoms with Crippen LogP contribution in [-0.2, 0) is 18.3 Å². The van der Waals surface area contributed by atoms with Crippen molar-refractivity contribution >= 4 is 11.0 Å². The van der Waals surface area contributed by atoms with Gasteiger partial charge < -0.3 is 5.11 Å². The van der Waals surface area contributed by atoms with E-state index in [1.807, 2.05) is 12.3 Å². The van der Waals surface area contributed by atoms with Crippen LogP contribution in [0.15, 0.2) is 176 Å². The monoisotopic (exact) mass is 777 g/mol. The van der Waals surface area contributed by atoms with E-state index in [1.54, 1.807) is 0 Å². The summed E-state index contributed by atoms with van der Waals surface area (Å²) in [5.41, 5.74) is 17.8. The number of aromatic nitrogens is 3. The highest BCUT2D eigenvalue weighted by atomic mass is 16.3. The summed E-state index contributed by atoms with van der Waals surface area (Å²) in [5, 5.41) is 12.2. The molecule has 7 aromatic carbocycles. The Labute approximate surface area is 352 Å². The molecule has 4 heteroatoms. The standard InChI is InChI=1S/C56H47N3O/c1-56(2,3)45-27-29-51(49(36-45)39-20-11-6-12-21-39)59-52-25-15-24-46(53(52)58-55(59)48-28-26-40-22-13-14-23-47(40)54(48)60)43-32-42(38-18-9-5-10-19-38)33-44(34-43)50-35-41(30-31-57-50)37-16-7-4-8-17-37/h4-12,15-21,24-36,60H,13-14,22-23H2,1-3H3. The molecular weight excluding hydrogens is 731 g/mol. The number of aromatic hydroxyl groups is 1. The molecule has 9 aromatic rings. The van der Waals surface area contributed by atoms with Gasteiger partial charge in [-0.25, -0.2) is 4.98 Å². The highest BCUT2D eigenvalue weighted by Crippen LogP contribution is 2.44. The summed E-state index contributed by atoms with van der Waals surface area (Å²) in [6.45, 7) is 6.78. The van der Waals surface area contributed by atoms with E-state index < -0.39 is 0 Å². The molecule has 0 amide bonds. The molecule has 0 aliphatic heterocycles. The molecule has 2 aromatic heterocycles. The van der Waals surface area contributed by atoms with Gasteiger partial charge in [-0.3, -0.25) is 9.55 Å². The van der Waals surface area contributed by atoms with Crippen LogP contribution < -0.4 is 0 Å². The lowest BCUT2D eigenvalue weighted by atomic mass is 9.85. The van der Waals surface area contributed by atoms with Gasteiger partial charge in [0.05, 0.1) is 28.0 Å². The first-order chi connectivity index (χ1) is 29.3. The highest BCUT2D eigenvalue weighted by molar-refractivity contribution is 5.98. The maximum absolute atomic E-state index is 12.2. The van der Waals surface area contributed by atoms with Crippen LogP contribution in [0.2, 0.25) is 0 Å². The van der Waals surface area contributed by atoms with Crippen molar-refractivity contribution < 1.29 is 5.11 Å². The summed E-state index contributed by atoms with van der Waals surface area (Å²) in [6.07, 6.45) is 5.97. The van der Waals surface area contributed by atoms with Gasteiger partial charge in [-0.1, -0.05) is 136 Å². The van der Waals surface area contributed by atoms with Gasteiger partial charge in [0.1, 0.15) is 11.6 Å². The van der Waals surface area contributed by atoms with Crippen molar-refractivity contribution in [3.05, 3.63) is 193 Å². The minimum absolute atomic E-state index is 0.0528. The van der Waals surface area contributed by atoms with E-state index in [0.29, 0.717) is 5.75 Å². The van der Waals surface area contributed by atoms with E-state index >= 15 is 0 Å². The number of aryl methyl sites for hydroxylation is 1. The van der Waals surface area contributed by atoms with E-state index in [1.165, 1.54) is 11.1 Å². The fraction of sp³-hybridized carbons (Fsp3) is 0.143. The third-order valence-electron chi connectivity index (χ3n) is 12.1. The molecule has 0 bridgehead atoms. The van der Waals surface area contributed by atoms with Crippen molar-refractivity contribution in [2.45, 2.75) is 51.9 Å². The Bertz CT molecular complexity index is 3010. The summed E-state index contributed by atoms with van der Waals surface area (Å²) in [5.74, 6) is 1.07. The van der Waals surface area contributed by atoms with Crippen molar-refractivity contribution in [3.8, 4) is 78.6 Å². The van der Waals surface area contributed by atoms with Crippen LogP contribution in [0, 0.1) is 0 Å². The number of hydrogen-bond donors (Lipinski definition) is 1. The molecule has 1 N–H and O–H groups in total. The minimum atomic E-state index is -0.0528. The van der Waals surface area contributed by atoms with Crippen LogP contribution >= 0.6 is 0 Å². The summed E-state index contributed by atoms with van der Waals surface area (Å²) in [4.78, 5) is 10.5. The number of phenolic OH excluding ortho intramolecular Hbond substituents is 1. The predicted octanol–water partition coefficient (Wildman–Crippen LogP) is 14.3. The molecule has 0 spiro atoms. The third kappa shape index (κ3) is 6.88. The molecule has 1 aliphatic carbocycles. The maximum atomic E-state index is 12.2. The summed E-state index contributed by atoms with van der Waals surface area (Å²) < 4.78 is 2.28. The lowest BCUT2D eigenvalue weighted by Crippen LogP contribution is -2.12. The van der Waals surface area contributed by atoms with Crippen LogP contribution in [0.25, 0.3) is 83.9 Å². The fourth-order valence-corrected chi connectivity index (χ4v) is 8.92. The second kappa shape index (κ2) is 15.3. The average Bonchev–Trinajstić information content (AvgIpc) is 3.69. The molecule has 0 radical (unpaired) electrons. The first-order valence-electron chi connectivity index (χ1n) is 21.1. The van der Waals surface area contributed by atoms with Crippen molar-refractivity contribution in [1.82, 2.24) is 14.5 Å². The first-order valence-corrected chi connectivity index (χ1v) is 21.1. The SMILES string of the molecule is CC(C)(C)c1ccc(-n2c(-c3ccc4c(c3O)CCCC4)nc3c(-c4cc(-c5ccccc5)cc(-c5cc(-c6ccccc6)ccn5)c4)cccc32)c(-c2ccccc2)c1. The predicted molar refractivity (Wildman–Crippen MR) is 248 cm³/mol. The van der Waals surface area contributed by atoms with Gasteiger partial charge in [0.15, 0.2) is 0 Å². The fourth-order valence-electron chi connectivity index (χ4n) is 8.92. The van der Waals surface area contributed by atoms with Gasteiger partial charge in [0, 0.05) is 22.9 Å². The van der Waals surface area contributed by atoms with Crippen molar-refractivity contribution in [3.63, 3.8) is 0 Å². The van der Waals surface area contributed by atoms with Gasteiger partial charge >= 0.3 is 0 Å². The van der Waals surface area contributed by atoms with Crippen molar-refractivity contribution in [1.29, 1.82) is 0 Å². The van der Waals surface area contributed by atoms with Gasteiger partial charge in [-0.15, -0.1) is 0 Å². The molecular formula is C56H47N3O. The molecule has 2 heterocycles. The summed E-state index contributed by atoms with van der Waals surface area (Å²) in [6, 6.07) is 60.3. The van der Waals surface area contributed by atoms with Crippen molar-refractivity contribution in [2.24, 2.45) is 0 Å². The third-order valence-corrected chi connectivity index (χ3v) is 12.1. The molecule has 1 aliphatic rings. The Morgan fingerprint density at radius 3 is 1.92 bits per heavy atom. The largest absolute Gasteiger partial charge is 0.507 e. The van der Waals surface area contributed by atoms with Crippen molar-refractivity contribution in [2.75, 3.05) is 0 Å². The minimum Gasteiger partial charge on any atom is -0.507 e. The number of rotatable bonds is 7. The molecule has 10 rings (SSSR count). The zero-order valence-electron chi connectivity index (χ0n) is 34.4. The van der Waals surface area contributed by atoms with Gasteiger partial charge in [-0.05, 0) is 136 Å². The van der Waals surface area contributed by atoms with E-state index in [4.69, 9.17) is 9.97 Å². The number of phenols is 1. The number of benzene rings is 7. The Kier molecular flexibility index (Phi) is 9.49. The molecule has 0 unspecified atom stereocenters. The Balaban J connectivity index is 1.24. The number of fused-ring (bicyclic) bond motifs is 2. The number of para-hydroxylation sites is 1. The average molecular weight is 778 g/mol. The zero-order chi connectivity index (χ0) is 40.8. The first kappa shape index (κ1) is 37.2. The van der Waals surface area contributed by atoms with Crippen LogP contribution in [-0.4, -0.2) is 19.6 Å². The van der Waals surface area contributed by atoms with E-state index in [2.05, 4.69) is 189 Å². The van der Waals surface area contributed by atoms with Gasteiger partial charge in [0.25, 0.3) is 0 Å². The Hall–Kier alpha value is -7.04. The molecule has 292 valence electrons. The van der Waals surface area contributed by atoms with Crippen LogP contribution in [0.4, 0.5) is 0 Å². The maximum Gasteiger partial charge on any atom is 0.149 e. The second-order valence-electron chi connectivity index (χ2n) is 17.1. The van der Waals surface area contributed by atoms with Gasteiger partial charge in [0.2, 0.25) is 0 Å². The molecule has 4 nitrogen and oxygen atoms in total. The lowest BCUT2D eigenvalue weighted by Gasteiger charge is -2.23. The number of imidazole rings is 1. The molecule has 0 fully saturated rings. The Morgan fingerprint density at radius 2 is 1.18 bits per heavy atom. The van der Waals surface area contributed by atoms with Crippen LogP contribution in [0.5, 0.6) is 5.75 Å². The smallest absolute Gasteiger partial charge is 0.149 e. The quantitative estimate of drug-likeness (QED) is 0.175. The summed E-state index contributed by atoms with van der Waals surface area (Å²) in [7, 11) is 0. The van der Waals surface area contributed by atoms with Crippen LogP contribution in [0.3, 0.4) is 0 Å². The van der Waals surface area contributed by atoms with E-state index in [9.17, 15) is 5.11 Å². The van der Waals surface area contributed by atoms with Crippen LogP contribution in [0.1, 0.15) is 50.3 Å². The number of pyridine rings is 1. The molecule has 60 heavy (non-hydrogen) atoms. The molecule has 0 atom stereocenters. The number of hydrogen-bond acceptors (Lipinski definition) is 3. The second-order valence-corrected chi connectivity index (χ2v) is 17.1. The van der Waals surface area contributed by atoms with E-state index in [0.717, 1.165) is 115 Å². The molecule has 0 saturated carbocycles. The lowest BCUT2D eigenvalue weighted by molar-refractivity contribution is 0.463. The topological polar surface area (TPSA) is 50.9 Å². The number of nitrogens with zero attached hydrogens (tertiary/aromatic N) is 3.